The lowest BCUT2D eigenvalue weighted by Gasteiger charge is -2.23. The number of benzene rings is 1. The van der Waals surface area contributed by atoms with Crippen molar-refractivity contribution in [2.45, 2.75) is 20.4 Å². The van der Waals surface area contributed by atoms with Gasteiger partial charge in [-0.25, -0.2) is 4.98 Å². The van der Waals surface area contributed by atoms with E-state index in [1.165, 1.54) is 15.3 Å². The van der Waals surface area contributed by atoms with Crippen LogP contribution in [0.25, 0.3) is 10.2 Å². The van der Waals surface area contributed by atoms with E-state index in [-0.39, 0.29) is 0 Å². The van der Waals surface area contributed by atoms with Crippen LogP contribution in [0.3, 0.4) is 0 Å². The summed E-state index contributed by atoms with van der Waals surface area (Å²) in [6.45, 7) is 8.61. The fourth-order valence-corrected chi connectivity index (χ4v) is 4.53. The molecule has 1 fully saturated rings. The molecule has 0 radical (unpaired) electrons. The number of hydrogen-bond donors (Lipinski definition) is 1. The number of morpholine rings is 1. The number of ether oxygens (including phenoxy) is 2. The number of hydrogen-bond acceptors (Lipinski definition) is 5. The standard InChI is InChI=1S/C19H20BrN3O2S/c1-12-13(2)26-19-17(12)18(25-15-5-3-4-14(20)10-15)21-16(22-19)11-23-6-8-24-9-7-23/h3-5,10H,6-9,11H2,1-2H3/p+1. The van der Waals surface area contributed by atoms with Crippen molar-refractivity contribution in [1.82, 2.24) is 9.97 Å². The molecular weight excluding hydrogens is 414 g/mol. The molecular formula is C19H21BrN3O2S+. The van der Waals surface area contributed by atoms with E-state index in [0.29, 0.717) is 5.88 Å². The van der Waals surface area contributed by atoms with Crippen molar-refractivity contribution in [3.63, 3.8) is 0 Å². The zero-order valence-electron chi connectivity index (χ0n) is 14.8. The third-order valence-electron chi connectivity index (χ3n) is 4.66. The van der Waals surface area contributed by atoms with E-state index in [9.17, 15) is 0 Å². The molecule has 0 aliphatic carbocycles. The van der Waals surface area contributed by atoms with Gasteiger partial charge in [0.15, 0.2) is 5.82 Å². The third kappa shape index (κ3) is 3.76. The highest BCUT2D eigenvalue weighted by Gasteiger charge is 2.20. The van der Waals surface area contributed by atoms with E-state index >= 15 is 0 Å². The molecule has 0 spiro atoms. The topological polar surface area (TPSA) is 48.7 Å². The number of nitrogens with zero attached hydrogens (tertiary/aromatic N) is 2. The SMILES string of the molecule is Cc1sc2nc(C[NH+]3CCOCC3)nc(Oc3cccc(Br)c3)c2c1C. The molecule has 0 saturated carbocycles. The summed E-state index contributed by atoms with van der Waals surface area (Å²) in [6.07, 6.45) is 0. The van der Waals surface area contributed by atoms with Gasteiger partial charge in [-0.3, -0.25) is 0 Å². The van der Waals surface area contributed by atoms with Gasteiger partial charge < -0.3 is 14.4 Å². The summed E-state index contributed by atoms with van der Waals surface area (Å²) < 4.78 is 12.6. The Morgan fingerprint density at radius 1 is 1.23 bits per heavy atom. The first-order chi connectivity index (χ1) is 12.6. The number of fused-ring (bicyclic) bond motifs is 1. The summed E-state index contributed by atoms with van der Waals surface area (Å²) in [5.74, 6) is 2.26. The molecule has 0 amide bonds. The van der Waals surface area contributed by atoms with Gasteiger partial charge in [0, 0.05) is 9.35 Å². The summed E-state index contributed by atoms with van der Waals surface area (Å²) >= 11 is 5.21. The van der Waals surface area contributed by atoms with Gasteiger partial charge in [-0.05, 0) is 37.6 Å². The molecule has 26 heavy (non-hydrogen) atoms. The van der Waals surface area contributed by atoms with E-state index < -0.39 is 0 Å². The van der Waals surface area contributed by atoms with Gasteiger partial charge in [-0.2, -0.15) is 4.98 Å². The third-order valence-corrected chi connectivity index (χ3v) is 6.25. The lowest BCUT2D eigenvalue weighted by molar-refractivity contribution is -0.922. The van der Waals surface area contributed by atoms with Crippen LogP contribution in [0.1, 0.15) is 16.3 Å². The van der Waals surface area contributed by atoms with Gasteiger partial charge in [-0.15, -0.1) is 11.3 Å². The summed E-state index contributed by atoms with van der Waals surface area (Å²) in [7, 11) is 0. The molecule has 2 aromatic heterocycles. The highest BCUT2D eigenvalue weighted by molar-refractivity contribution is 9.10. The smallest absolute Gasteiger partial charge is 0.231 e. The number of halogens is 1. The predicted molar refractivity (Wildman–Crippen MR) is 106 cm³/mol. The number of rotatable bonds is 4. The van der Waals surface area contributed by atoms with E-state index in [2.05, 4.69) is 29.8 Å². The zero-order valence-corrected chi connectivity index (χ0v) is 17.2. The van der Waals surface area contributed by atoms with E-state index in [1.54, 1.807) is 11.3 Å². The first kappa shape index (κ1) is 17.9. The van der Waals surface area contributed by atoms with Crippen LogP contribution >= 0.6 is 27.3 Å². The molecule has 0 atom stereocenters. The number of nitrogens with one attached hydrogen (secondary N) is 1. The lowest BCUT2D eigenvalue weighted by atomic mass is 10.2. The van der Waals surface area contributed by atoms with Gasteiger partial charge in [0.25, 0.3) is 0 Å². The van der Waals surface area contributed by atoms with Crippen LogP contribution in [0.5, 0.6) is 11.6 Å². The van der Waals surface area contributed by atoms with Crippen LogP contribution in [0.2, 0.25) is 0 Å². The Morgan fingerprint density at radius 2 is 2.04 bits per heavy atom. The van der Waals surface area contributed by atoms with Gasteiger partial charge in [0.05, 0.1) is 18.6 Å². The Kier molecular flexibility index (Phi) is 5.22. The number of quaternary nitrogens is 1. The van der Waals surface area contributed by atoms with Crippen LogP contribution < -0.4 is 9.64 Å². The van der Waals surface area contributed by atoms with Crippen LogP contribution in [0, 0.1) is 13.8 Å². The first-order valence-electron chi connectivity index (χ1n) is 8.71. The molecule has 5 nitrogen and oxygen atoms in total. The number of aryl methyl sites for hydroxylation is 2. The minimum absolute atomic E-state index is 0.651. The molecule has 0 bridgehead atoms. The average molecular weight is 435 g/mol. The van der Waals surface area contributed by atoms with Crippen LogP contribution in [0.4, 0.5) is 0 Å². The molecule has 136 valence electrons. The van der Waals surface area contributed by atoms with Crippen molar-refractivity contribution in [3.05, 3.63) is 45.0 Å². The largest absolute Gasteiger partial charge is 0.438 e. The minimum atomic E-state index is 0.651. The molecule has 0 unspecified atom stereocenters. The van der Waals surface area contributed by atoms with Crippen molar-refractivity contribution >= 4 is 37.5 Å². The van der Waals surface area contributed by atoms with Crippen LogP contribution in [-0.4, -0.2) is 36.3 Å². The fraction of sp³-hybridized carbons (Fsp3) is 0.368. The Labute approximate surface area is 165 Å². The Morgan fingerprint density at radius 3 is 2.81 bits per heavy atom. The van der Waals surface area contributed by atoms with Crippen LogP contribution in [0.15, 0.2) is 28.7 Å². The van der Waals surface area contributed by atoms with Crippen molar-refractivity contribution in [1.29, 1.82) is 0 Å². The minimum Gasteiger partial charge on any atom is -0.438 e. The highest BCUT2D eigenvalue weighted by atomic mass is 79.9. The van der Waals surface area contributed by atoms with Crippen molar-refractivity contribution in [3.8, 4) is 11.6 Å². The number of aromatic nitrogens is 2. The molecule has 1 saturated heterocycles. The Bertz CT molecular complexity index is 938. The van der Waals surface area contributed by atoms with Gasteiger partial charge in [-0.1, -0.05) is 22.0 Å². The molecule has 1 aromatic carbocycles. The Hall–Kier alpha value is -1.54. The quantitative estimate of drug-likeness (QED) is 0.684. The first-order valence-corrected chi connectivity index (χ1v) is 10.3. The molecule has 7 heteroatoms. The fourth-order valence-electron chi connectivity index (χ4n) is 3.11. The zero-order chi connectivity index (χ0) is 18.1. The molecule has 4 rings (SSSR count). The molecule has 1 N–H and O–H groups in total. The maximum Gasteiger partial charge on any atom is 0.231 e. The second-order valence-corrected chi connectivity index (χ2v) is 8.63. The second-order valence-electron chi connectivity index (χ2n) is 6.51. The number of thiophene rings is 1. The maximum atomic E-state index is 6.19. The monoisotopic (exact) mass is 434 g/mol. The van der Waals surface area contributed by atoms with E-state index in [4.69, 9.17) is 19.4 Å². The predicted octanol–water partition coefficient (Wildman–Crippen LogP) is 3.28. The molecule has 3 heterocycles. The summed E-state index contributed by atoms with van der Waals surface area (Å²) in [5.41, 5.74) is 1.19. The lowest BCUT2D eigenvalue weighted by Crippen LogP contribution is -3.12. The van der Waals surface area contributed by atoms with Gasteiger partial charge in [0.2, 0.25) is 5.88 Å². The highest BCUT2D eigenvalue weighted by Crippen LogP contribution is 2.36. The normalized spacial score (nSPS) is 15.5. The maximum absolute atomic E-state index is 6.19. The van der Waals surface area contributed by atoms with Crippen molar-refractivity contribution in [2.24, 2.45) is 0 Å². The average Bonchev–Trinajstić information content (AvgIpc) is 2.90. The van der Waals surface area contributed by atoms with Gasteiger partial charge >= 0.3 is 0 Å². The second kappa shape index (κ2) is 7.60. The van der Waals surface area contributed by atoms with Crippen molar-refractivity contribution in [2.75, 3.05) is 26.3 Å². The van der Waals surface area contributed by atoms with Crippen LogP contribution in [-0.2, 0) is 11.3 Å². The van der Waals surface area contributed by atoms with Crippen molar-refractivity contribution < 1.29 is 14.4 Å². The summed E-state index contributed by atoms with van der Waals surface area (Å²) in [5, 5.41) is 1.02. The summed E-state index contributed by atoms with van der Waals surface area (Å²) in [6, 6.07) is 7.84. The molecule has 1 aliphatic heterocycles. The Balaban J connectivity index is 1.72. The van der Waals surface area contributed by atoms with Gasteiger partial charge in [0.1, 0.15) is 30.2 Å². The van der Waals surface area contributed by atoms with E-state index in [1.807, 2.05) is 24.3 Å². The summed E-state index contributed by atoms with van der Waals surface area (Å²) in [4.78, 5) is 13.3. The van der Waals surface area contributed by atoms with E-state index in [0.717, 1.165) is 59.1 Å². The molecule has 3 aromatic rings. The molecule has 1 aliphatic rings.